The van der Waals surface area contributed by atoms with Gasteiger partial charge in [0.25, 0.3) is 0 Å². The lowest BCUT2D eigenvalue weighted by molar-refractivity contribution is -0.116. The number of nitrogens with one attached hydrogen (secondary N) is 1. The van der Waals surface area contributed by atoms with Gasteiger partial charge >= 0.3 is 0 Å². The minimum atomic E-state index is -3.63. The number of aryl methyl sites for hydroxylation is 4. The number of anilines is 2. The summed E-state index contributed by atoms with van der Waals surface area (Å²) in [6.45, 7) is 9.35. The third-order valence-corrected chi connectivity index (χ3v) is 5.71. The first-order chi connectivity index (χ1) is 12.0. The average molecular weight is 375 g/mol. The highest BCUT2D eigenvalue weighted by Gasteiger charge is 2.29. The predicted octanol–water partition coefficient (Wildman–Crippen LogP) is 3.71. The average Bonchev–Trinajstić information content (AvgIpc) is 2.52. The Kier molecular flexibility index (Phi) is 5.76. The van der Waals surface area contributed by atoms with Crippen molar-refractivity contribution in [1.82, 2.24) is 0 Å². The van der Waals surface area contributed by atoms with Gasteiger partial charge in [0.15, 0.2) is 0 Å². The van der Waals surface area contributed by atoms with Gasteiger partial charge < -0.3 is 5.32 Å². The van der Waals surface area contributed by atoms with E-state index in [0.717, 1.165) is 32.8 Å². The SMILES string of the molecule is Cc1ccc(NC(=O)[C@H](C)N(c2ccc(C)c(C)c2)S(C)(=O)=O)c(C)c1. The smallest absolute Gasteiger partial charge is 0.248 e. The lowest BCUT2D eigenvalue weighted by Gasteiger charge is -2.29. The van der Waals surface area contributed by atoms with E-state index in [2.05, 4.69) is 5.32 Å². The van der Waals surface area contributed by atoms with Gasteiger partial charge in [-0.1, -0.05) is 23.8 Å². The molecule has 6 heteroatoms. The fraction of sp³-hybridized carbons (Fsp3) is 0.350. The van der Waals surface area contributed by atoms with Gasteiger partial charge in [0, 0.05) is 5.69 Å². The minimum absolute atomic E-state index is 0.374. The molecule has 0 aliphatic rings. The van der Waals surface area contributed by atoms with E-state index in [1.807, 2.05) is 52.0 Å². The van der Waals surface area contributed by atoms with Gasteiger partial charge in [-0.25, -0.2) is 8.42 Å². The van der Waals surface area contributed by atoms with E-state index in [4.69, 9.17) is 0 Å². The van der Waals surface area contributed by atoms with Gasteiger partial charge in [-0.2, -0.15) is 0 Å². The summed E-state index contributed by atoms with van der Waals surface area (Å²) in [5, 5.41) is 2.84. The second-order valence-electron chi connectivity index (χ2n) is 6.81. The number of amides is 1. The van der Waals surface area contributed by atoms with Gasteiger partial charge in [-0.15, -0.1) is 0 Å². The van der Waals surface area contributed by atoms with Crippen molar-refractivity contribution < 1.29 is 13.2 Å². The standard InChI is InChI=1S/C20H26N2O3S/c1-13-7-10-19(16(4)11-13)21-20(23)17(5)22(26(6,24)25)18-9-8-14(2)15(3)12-18/h7-12,17H,1-6H3,(H,21,23)/t17-/m0/s1. The monoisotopic (exact) mass is 374 g/mol. The fourth-order valence-electron chi connectivity index (χ4n) is 2.86. The molecule has 0 aromatic heterocycles. The van der Waals surface area contributed by atoms with Crippen LogP contribution in [0.3, 0.4) is 0 Å². The Morgan fingerprint density at radius 2 is 1.62 bits per heavy atom. The van der Waals surface area contributed by atoms with Crippen LogP contribution in [-0.2, 0) is 14.8 Å². The molecule has 0 heterocycles. The maximum atomic E-state index is 12.7. The van der Waals surface area contributed by atoms with Gasteiger partial charge in [-0.3, -0.25) is 9.10 Å². The number of carbonyl (C=O) groups excluding carboxylic acids is 1. The van der Waals surface area contributed by atoms with Crippen molar-refractivity contribution in [2.45, 2.75) is 40.7 Å². The van der Waals surface area contributed by atoms with Gasteiger partial charge in [0.05, 0.1) is 11.9 Å². The van der Waals surface area contributed by atoms with Gasteiger partial charge in [-0.05, 0) is 69.5 Å². The normalized spacial score (nSPS) is 12.5. The molecule has 0 saturated carbocycles. The molecule has 5 nitrogen and oxygen atoms in total. The lowest BCUT2D eigenvalue weighted by atomic mass is 10.1. The van der Waals surface area contributed by atoms with E-state index >= 15 is 0 Å². The summed E-state index contributed by atoms with van der Waals surface area (Å²) in [4.78, 5) is 12.7. The highest BCUT2D eigenvalue weighted by Crippen LogP contribution is 2.25. The Bertz CT molecular complexity index is 936. The Morgan fingerprint density at radius 3 is 2.15 bits per heavy atom. The number of carbonyl (C=O) groups is 1. The summed E-state index contributed by atoms with van der Waals surface area (Å²) >= 11 is 0. The zero-order valence-electron chi connectivity index (χ0n) is 16.1. The third kappa shape index (κ3) is 4.43. The number of hydrogen-bond acceptors (Lipinski definition) is 3. The molecule has 0 fully saturated rings. The summed E-state index contributed by atoms with van der Waals surface area (Å²) in [6, 6.07) is 10.2. The lowest BCUT2D eigenvalue weighted by Crippen LogP contribution is -2.45. The van der Waals surface area contributed by atoms with Crippen LogP contribution in [0, 0.1) is 27.7 Å². The van der Waals surface area contributed by atoms with Crippen LogP contribution < -0.4 is 9.62 Å². The minimum Gasteiger partial charge on any atom is -0.324 e. The van der Waals surface area contributed by atoms with Gasteiger partial charge in [0.1, 0.15) is 6.04 Å². The summed E-state index contributed by atoms with van der Waals surface area (Å²) < 4.78 is 25.9. The molecule has 0 aliphatic carbocycles. The van der Waals surface area contributed by atoms with E-state index in [9.17, 15) is 13.2 Å². The topological polar surface area (TPSA) is 66.5 Å². The summed E-state index contributed by atoms with van der Waals surface area (Å²) in [5.41, 5.74) is 5.23. The van der Waals surface area contributed by atoms with Crippen molar-refractivity contribution in [1.29, 1.82) is 0 Å². The zero-order valence-corrected chi connectivity index (χ0v) is 16.9. The van der Waals surface area contributed by atoms with E-state index < -0.39 is 16.1 Å². The maximum Gasteiger partial charge on any atom is 0.248 e. The Balaban J connectivity index is 2.35. The Morgan fingerprint density at radius 1 is 0.962 bits per heavy atom. The van der Waals surface area contributed by atoms with Crippen LogP contribution in [0.4, 0.5) is 11.4 Å². The summed E-state index contributed by atoms with van der Waals surface area (Å²) in [5.74, 6) is -0.374. The first-order valence-corrected chi connectivity index (χ1v) is 10.3. The number of sulfonamides is 1. The molecule has 140 valence electrons. The van der Waals surface area contributed by atoms with Crippen LogP contribution in [0.5, 0.6) is 0 Å². The Hall–Kier alpha value is -2.34. The fourth-order valence-corrected chi connectivity index (χ4v) is 4.03. The Labute approximate surface area is 156 Å². The molecular weight excluding hydrogens is 348 g/mol. The largest absolute Gasteiger partial charge is 0.324 e. The second-order valence-corrected chi connectivity index (χ2v) is 8.67. The molecule has 0 radical (unpaired) electrons. The van der Waals surface area contributed by atoms with Crippen molar-refractivity contribution in [2.75, 3.05) is 15.9 Å². The second kappa shape index (κ2) is 7.50. The highest BCUT2D eigenvalue weighted by molar-refractivity contribution is 7.92. The number of hydrogen-bond donors (Lipinski definition) is 1. The first kappa shape index (κ1) is 20.0. The number of nitrogens with zero attached hydrogens (tertiary/aromatic N) is 1. The number of rotatable bonds is 5. The van der Waals surface area contributed by atoms with Gasteiger partial charge in [0.2, 0.25) is 15.9 Å². The van der Waals surface area contributed by atoms with Crippen molar-refractivity contribution in [3.63, 3.8) is 0 Å². The van der Waals surface area contributed by atoms with E-state index in [1.165, 1.54) is 0 Å². The van der Waals surface area contributed by atoms with Crippen LogP contribution in [0.2, 0.25) is 0 Å². The van der Waals surface area contributed by atoms with Crippen LogP contribution >= 0.6 is 0 Å². The van der Waals surface area contributed by atoms with Crippen molar-refractivity contribution in [2.24, 2.45) is 0 Å². The predicted molar refractivity (Wildman–Crippen MR) is 107 cm³/mol. The van der Waals surface area contributed by atoms with Crippen molar-refractivity contribution in [3.05, 3.63) is 58.7 Å². The highest BCUT2D eigenvalue weighted by atomic mass is 32.2. The molecule has 0 aliphatic heterocycles. The van der Waals surface area contributed by atoms with Crippen molar-refractivity contribution in [3.8, 4) is 0 Å². The first-order valence-electron chi connectivity index (χ1n) is 8.45. The third-order valence-electron chi connectivity index (χ3n) is 4.47. The molecule has 1 amide bonds. The maximum absolute atomic E-state index is 12.7. The van der Waals surface area contributed by atoms with Crippen LogP contribution in [0.15, 0.2) is 36.4 Å². The van der Waals surface area contributed by atoms with E-state index in [1.54, 1.807) is 19.1 Å². The van der Waals surface area contributed by atoms with Crippen LogP contribution in [0.1, 0.15) is 29.2 Å². The molecule has 2 rings (SSSR count). The molecule has 2 aromatic carbocycles. The quantitative estimate of drug-likeness (QED) is 0.867. The van der Waals surface area contributed by atoms with Crippen molar-refractivity contribution >= 4 is 27.3 Å². The molecule has 0 bridgehead atoms. The summed E-state index contributed by atoms with van der Waals surface area (Å²) in [6.07, 6.45) is 1.11. The van der Waals surface area contributed by atoms with E-state index in [-0.39, 0.29) is 5.91 Å². The molecule has 0 spiro atoms. The molecule has 2 aromatic rings. The summed E-state index contributed by atoms with van der Waals surface area (Å²) in [7, 11) is -3.63. The molecule has 26 heavy (non-hydrogen) atoms. The van der Waals surface area contributed by atoms with Crippen LogP contribution in [0.25, 0.3) is 0 Å². The molecule has 1 N–H and O–H groups in total. The zero-order chi connectivity index (χ0) is 19.6. The number of benzene rings is 2. The molecule has 0 saturated heterocycles. The van der Waals surface area contributed by atoms with E-state index in [0.29, 0.717) is 11.4 Å². The molecule has 1 atom stereocenters. The van der Waals surface area contributed by atoms with Crippen LogP contribution in [-0.4, -0.2) is 26.6 Å². The molecule has 0 unspecified atom stereocenters. The molecular formula is C20H26N2O3S.